The smallest absolute Gasteiger partial charge is 0.225 e. The van der Waals surface area contributed by atoms with Gasteiger partial charge in [0.2, 0.25) is 5.91 Å². The molecule has 4 unspecified atom stereocenters. The summed E-state index contributed by atoms with van der Waals surface area (Å²) in [5.74, 6) is 1.77. The summed E-state index contributed by atoms with van der Waals surface area (Å²) in [4.78, 5) is 14.6. The molecule has 0 aliphatic heterocycles. The van der Waals surface area contributed by atoms with E-state index in [-0.39, 0.29) is 5.92 Å². The van der Waals surface area contributed by atoms with Crippen LogP contribution < -0.4 is 5.73 Å². The number of hydrogen-bond acceptors (Lipinski definition) is 2. The van der Waals surface area contributed by atoms with Crippen LogP contribution in [0.15, 0.2) is 0 Å². The van der Waals surface area contributed by atoms with E-state index in [0.717, 1.165) is 18.8 Å². The highest BCUT2D eigenvalue weighted by Gasteiger charge is 2.36. The molecule has 0 bridgehead atoms. The summed E-state index contributed by atoms with van der Waals surface area (Å²) in [5.41, 5.74) is 5.79. The first-order chi connectivity index (χ1) is 8.63. The fraction of sp³-hybridized carbons (Fsp3) is 0.933. The van der Waals surface area contributed by atoms with Gasteiger partial charge in [0.1, 0.15) is 0 Å². The van der Waals surface area contributed by atoms with Crippen LogP contribution in [0.3, 0.4) is 0 Å². The van der Waals surface area contributed by atoms with Gasteiger partial charge in [-0.1, -0.05) is 26.2 Å². The maximum atomic E-state index is 12.6. The second kappa shape index (κ2) is 6.05. The van der Waals surface area contributed by atoms with Gasteiger partial charge in [0.05, 0.1) is 0 Å². The maximum Gasteiger partial charge on any atom is 0.225 e. The molecule has 0 heterocycles. The zero-order valence-corrected chi connectivity index (χ0v) is 11.9. The molecule has 0 saturated heterocycles. The Morgan fingerprint density at radius 1 is 1.22 bits per heavy atom. The van der Waals surface area contributed by atoms with Crippen molar-refractivity contribution < 1.29 is 4.79 Å². The third-order valence-electron chi connectivity index (χ3n) is 5.08. The lowest BCUT2D eigenvalue weighted by atomic mass is 9.85. The number of hydrogen-bond donors (Lipinski definition) is 1. The van der Waals surface area contributed by atoms with Gasteiger partial charge in [0.25, 0.3) is 0 Å². The summed E-state index contributed by atoms with van der Waals surface area (Å²) in [7, 11) is 2.01. The summed E-state index contributed by atoms with van der Waals surface area (Å²) in [6.45, 7) is 2.98. The zero-order chi connectivity index (χ0) is 13.1. The Morgan fingerprint density at radius 2 is 1.94 bits per heavy atom. The average molecular weight is 252 g/mol. The topological polar surface area (TPSA) is 46.3 Å². The van der Waals surface area contributed by atoms with Crippen LogP contribution in [0.5, 0.6) is 0 Å². The Hall–Kier alpha value is -0.570. The minimum atomic E-state index is 0.206. The molecule has 3 heteroatoms. The molecule has 2 aliphatic rings. The minimum absolute atomic E-state index is 0.206. The van der Waals surface area contributed by atoms with E-state index in [0.29, 0.717) is 24.4 Å². The molecule has 2 N–H and O–H groups in total. The maximum absolute atomic E-state index is 12.6. The zero-order valence-electron chi connectivity index (χ0n) is 11.9. The van der Waals surface area contributed by atoms with Crippen LogP contribution in [-0.4, -0.2) is 30.4 Å². The van der Waals surface area contributed by atoms with Gasteiger partial charge < -0.3 is 10.6 Å². The largest absolute Gasteiger partial charge is 0.343 e. The molecule has 2 rings (SSSR count). The highest BCUT2D eigenvalue weighted by molar-refractivity contribution is 5.79. The summed E-state index contributed by atoms with van der Waals surface area (Å²) in [6.07, 6.45) is 8.33. The molecule has 2 aliphatic carbocycles. The lowest BCUT2D eigenvalue weighted by molar-refractivity contribution is -0.138. The van der Waals surface area contributed by atoms with Gasteiger partial charge in [0.15, 0.2) is 0 Å². The van der Waals surface area contributed by atoms with Crippen LogP contribution in [0.2, 0.25) is 0 Å². The molecule has 4 atom stereocenters. The van der Waals surface area contributed by atoms with Crippen molar-refractivity contribution in [3.8, 4) is 0 Å². The van der Waals surface area contributed by atoms with Crippen molar-refractivity contribution in [3.05, 3.63) is 0 Å². The highest BCUT2D eigenvalue weighted by atomic mass is 16.2. The van der Waals surface area contributed by atoms with Crippen LogP contribution in [0.25, 0.3) is 0 Å². The molecular formula is C15H28N2O. The number of amides is 1. The standard InChI is InChI=1S/C15H28N2O/c1-11-5-3-7-13(9-11)17(2)15(18)14-8-4-6-12(14)10-16/h11-14H,3-10,16H2,1-2H3. The summed E-state index contributed by atoms with van der Waals surface area (Å²) in [6, 6.07) is 0.472. The Balaban J connectivity index is 1.95. The van der Waals surface area contributed by atoms with Crippen molar-refractivity contribution in [2.45, 2.75) is 57.9 Å². The third-order valence-corrected chi connectivity index (χ3v) is 5.08. The van der Waals surface area contributed by atoms with Crippen molar-refractivity contribution in [2.24, 2.45) is 23.5 Å². The van der Waals surface area contributed by atoms with Crippen molar-refractivity contribution in [1.29, 1.82) is 0 Å². The van der Waals surface area contributed by atoms with Crippen LogP contribution in [0.1, 0.15) is 51.9 Å². The van der Waals surface area contributed by atoms with E-state index in [4.69, 9.17) is 5.73 Å². The number of carbonyl (C=O) groups is 1. The average Bonchev–Trinajstić information content (AvgIpc) is 2.85. The van der Waals surface area contributed by atoms with Gasteiger partial charge in [-0.2, -0.15) is 0 Å². The molecule has 0 spiro atoms. The van der Waals surface area contributed by atoms with Gasteiger partial charge >= 0.3 is 0 Å². The minimum Gasteiger partial charge on any atom is -0.343 e. The van der Waals surface area contributed by atoms with Crippen molar-refractivity contribution >= 4 is 5.91 Å². The van der Waals surface area contributed by atoms with E-state index >= 15 is 0 Å². The van der Waals surface area contributed by atoms with E-state index in [1.807, 2.05) is 11.9 Å². The van der Waals surface area contributed by atoms with Crippen LogP contribution in [0, 0.1) is 17.8 Å². The van der Waals surface area contributed by atoms with Gasteiger partial charge in [-0.3, -0.25) is 4.79 Å². The molecule has 0 aromatic carbocycles. The predicted octanol–water partition coefficient (Wildman–Crippen LogP) is 2.40. The molecule has 2 saturated carbocycles. The quantitative estimate of drug-likeness (QED) is 0.838. The first-order valence-corrected chi connectivity index (χ1v) is 7.60. The van der Waals surface area contributed by atoms with E-state index in [1.165, 1.54) is 32.1 Å². The number of carbonyl (C=O) groups excluding carboxylic acids is 1. The fourth-order valence-electron chi connectivity index (χ4n) is 3.84. The molecule has 104 valence electrons. The first-order valence-electron chi connectivity index (χ1n) is 7.60. The van der Waals surface area contributed by atoms with Crippen molar-refractivity contribution in [1.82, 2.24) is 4.90 Å². The number of rotatable bonds is 3. The number of nitrogens with zero attached hydrogens (tertiary/aromatic N) is 1. The second-order valence-electron chi connectivity index (χ2n) is 6.41. The van der Waals surface area contributed by atoms with Gasteiger partial charge in [0, 0.05) is 19.0 Å². The molecule has 3 nitrogen and oxygen atoms in total. The molecule has 0 aromatic heterocycles. The van der Waals surface area contributed by atoms with Crippen LogP contribution >= 0.6 is 0 Å². The molecular weight excluding hydrogens is 224 g/mol. The van der Waals surface area contributed by atoms with Gasteiger partial charge in [-0.25, -0.2) is 0 Å². The molecule has 18 heavy (non-hydrogen) atoms. The predicted molar refractivity (Wildman–Crippen MR) is 74.1 cm³/mol. The monoisotopic (exact) mass is 252 g/mol. The number of nitrogens with two attached hydrogens (primary N) is 1. The normalized spacial score (nSPS) is 36.6. The highest BCUT2D eigenvalue weighted by Crippen LogP contribution is 2.34. The Bertz CT molecular complexity index is 292. The molecule has 0 radical (unpaired) electrons. The van der Waals surface area contributed by atoms with Crippen LogP contribution in [-0.2, 0) is 4.79 Å². The molecule has 1 amide bonds. The second-order valence-corrected chi connectivity index (χ2v) is 6.41. The SMILES string of the molecule is CC1CCCC(N(C)C(=O)C2CCCC2CN)C1. The van der Waals surface area contributed by atoms with Gasteiger partial charge in [-0.05, 0) is 44.1 Å². The van der Waals surface area contributed by atoms with Gasteiger partial charge in [-0.15, -0.1) is 0 Å². The van der Waals surface area contributed by atoms with Crippen molar-refractivity contribution in [3.63, 3.8) is 0 Å². The summed E-state index contributed by atoms with van der Waals surface area (Å²) < 4.78 is 0. The fourth-order valence-corrected chi connectivity index (χ4v) is 3.84. The van der Waals surface area contributed by atoms with Crippen molar-refractivity contribution in [2.75, 3.05) is 13.6 Å². The van der Waals surface area contributed by atoms with E-state index in [9.17, 15) is 4.79 Å². The van der Waals surface area contributed by atoms with E-state index in [2.05, 4.69) is 6.92 Å². The molecule has 2 fully saturated rings. The van der Waals surface area contributed by atoms with E-state index < -0.39 is 0 Å². The first kappa shape index (κ1) is 13.9. The Morgan fingerprint density at radius 3 is 2.61 bits per heavy atom. The summed E-state index contributed by atoms with van der Waals surface area (Å²) >= 11 is 0. The Labute approximate surface area is 111 Å². The lowest BCUT2D eigenvalue weighted by Gasteiger charge is -2.36. The Kier molecular flexibility index (Phi) is 4.66. The molecule has 0 aromatic rings. The van der Waals surface area contributed by atoms with Crippen LogP contribution in [0.4, 0.5) is 0 Å². The van der Waals surface area contributed by atoms with E-state index in [1.54, 1.807) is 0 Å². The summed E-state index contributed by atoms with van der Waals surface area (Å²) in [5, 5.41) is 0. The lowest BCUT2D eigenvalue weighted by Crippen LogP contribution is -2.44. The third kappa shape index (κ3) is 2.87.